The van der Waals surface area contributed by atoms with Crippen molar-refractivity contribution in [2.45, 2.75) is 19.4 Å². The highest BCUT2D eigenvalue weighted by molar-refractivity contribution is 5.78. The monoisotopic (exact) mass is 297 g/mol. The molecule has 0 aliphatic carbocycles. The summed E-state index contributed by atoms with van der Waals surface area (Å²) in [6.45, 7) is 1.24. The zero-order chi connectivity index (χ0) is 15.4. The van der Waals surface area contributed by atoms with Crippen molar-refractivity contribution >= 4 is 5.91 Å². The van der Waals surface area contributed by atoms with E-state index in [1.807, 2.05) is 36.4 Å². The minimum atomic E-state index is 0.0154. The number of amides is 1. The van der Waals surface area contributed by atoms with Crippen LogP contribution in [0.2, 0.25) is 0 Å². The van der Waals surface area contributed by atoms with Crippen LogP contribution in [-0.2, 0) is 24.2 Å². The third-order valence-electron chi connectivity index (χ3n) is 3.74. The highest BCUT2D eigenvalue weighted by Crippen LogP contribution is 2.25. The minimum Gasteiger partial charge on any atom is -0.497 e. The molecule has 0 saturated heterocycles. The van der Waals surface area contributed by atoms with Crippen LogP contribution in [0.25, 0.3) is 0 Å². The molecule has 0 spiro atoms. The lowest BCUT2D eigenvalue weighted by atomic mass is 10.1. The summed E-state index contributed by atoms with van der Waals surface area (Å²) < 4.78 is 10.6. The number of rotatable bonds is 5. The number of nitrogens with one attached hydrogen (secondary N) is 1. The molecule has 3 rings (SSSR count). The maximum Gasteiger partial charge on any atom is 0.224 e. The van der Waals surface area contributed by atoms with Crippen molar-refractivity contribution in [1.82, 2.24) is 5.32 Å². The summed E-state index contributed by atoms with van der Waals surface area (Å²) in [5, 5.41) is 2.94. The third kappa shape index (κ3) is 3.39. The van der Waals surface area contributed by atoms with Crippen molar-refractivity contribution in [3.05, 3.63) is 59.2 Å². The Morgan fingerprint density at radius 3 is 3.00 bits per heavy atom. The molecule has 0 fully saturated rings. The molecular weight excluding hydrogens is 278 g/mol. The number of benzene rings is 2. The molecule has 1 heterocycles. The van der Waals surface area contributed by atoms with E-state index >= 15 is 0 Å². The molecule has 1 amide bonds. The van der Waals surface area contributed by atoms with Gasteiger partial charge in [-0.05, 0) is 34.9 Å². The molecule has 2 aromatic carbocycles. The molecule has 0 atom stereocenters. The van der Waals surface area contributed by atoms with Gasteiger partial charge in [0.2, 0.25) is 5.91 Å². The van der Waals surface area contributed by atoms with E-state index in [1.165, 1.54) is 5.56 Å². The number of ether oxygens (including phenoxy) is 2. The van der Waals surface area contributed by atoms with Crippen LogP contribution < -0.4 is 14.8 Å². The molecule has 22 heavy (non-hydrogen) atoms. The van der Waals surface area contributed by atoms with Crippen molar-refractivity contribution in [2.24, 2.45) is 0 Å². The summed E-state index contributed by atoms with van der Waals surface area (Å²) in [6, 6.07) is 13.7. The highest BCUT2D eigenvalue weighted by Gasteiger charge is 2.13. The van der Waals surface area contributed by atoms with Crippen molar-refractivity contribution < 1.29 is 14.3 Å². The predicted molar refractivity (Wildman–Crippen MR) is 84.2 cm³/mol. The van der Waals surface area contributed by atoms with Crippen LogP contribution in [0.3, 0.4) is 0 Å². The molecule has 0 saturated carbocycles. The van der Waals surface area contributed by atoms with E-state index in [-0.39, 0.29) is 5.91 Å². The summed E-state index contributed by atoms with van der Waals surface area (Å²) in [5.41, 5.74) is 3.24. The first-order valence-electron chi connectivity index (χ1n) is 7.39. The summed E-state index contributed by atoms with van der Waals surface area (Å²) in [4.78, 5) is 12.1. The Balaban J connectivity index is 1.56. The van der Waals surface area contributed by atoms with Crippen LogP contribution in [0, 0.1) is 0 Å². The van der Waals surface area contributed by atoms with Crippen LogP contribution >= 0.6 is 0 Å². The number of carbonyl (C=O) groups is 1. The Kier molecular flexibility index (Phi) is 4.28. The van der Waals surface area contributed by atoms with Gasteiger partial charge in [0.05, 0.1) is 20.1 Å². The Labute approximate surface area is 130 Å². The van der Waals surface area contributed by atoms with E-state index in [9.17, 15) is 4.79 Å². The summed E-state index contributed by atoms with van der Waals surface area (Å²) in [7, 11) is 1.63. The SMILES string of the molecule is COc1cccc(CNC(=O)Cc2ccc3c(c2)CCO3)c1. The van der Waals surface area contributed by atoms with Crippen molar-refractivity contribution in [3.63, 3.8) is 0 Å². The Hall–Kier alpha value is -2.49. The molecule has 114 valence electrons. The Bertz CT molecular complexity index is 682. The molecule has 0 radical (unpaired) electrons. The van der Waals surface area contributed by atoms with E-state index < -0.39 is 0 Å². The highest BCUT2D eigenvalue weighted by atomic mass is 16.5. The maximum absolute atomic E-state index is 12.1. The van der Waals surface area contributed by atoms with Gasteiger partial charge in [-0.15, -0.1) is 0 Å². The second-order valence-corrected chi connectivity index (χ2v) is 5.35. The molecule has 0 bridgehead atoms. The molecule has 1 N–H and O–H groups in total. The van der Waals surface area contributed by atoms with Crippen LogP contribution in [0.1, 0.15) is 16.7 Å². The largest absolute Gasteiger partial charge is 0.497 e. The summed E-state index contributed by atoms with van der Waals surface area (Å²) in [6.07, 6.45) is 1.31. The third-order valence-corrected chi connectivity index (χ3v) is 3.74. The smallest absolute Gasteiger partial charge is 0.224 e. The predicted octanol–water partition coefficient (Wildman–Crippen LogP) is 2.49. The average molecular weight is 297 g/mol. The van der Waals surface area contributed by atoms with Gasteiger partial charge in [-0.25, -0.2) is 0 Å². The molecule has 1 aliphatic rings. The maximum atomic E-state index is 12.1. The van der Waals surface area contributed by atoms with Gasteiger partial charge >= 0.3 is 0 Å². The van der Waals surface area contributed by atoms with E-state index in [4.69, 9.17) is 9.47 Å². The van der Waals surface area contributed by atoms with Gasteiger partial charge in [0.1, 0.15) is 11.5 Å². The van der Waals surface area contributed by atoms with E-state index in [1.54, 1.807) is 7.11 Å². The first kappa shape index (κ1) is 14.4. The Morgan fingerprint density at radius 1 is 1.23 bits per heavy atom. The number of hydrogen-bond donors (Lipinski definition) is 1. The number of hydrogen-bond acceptors (Lipinski definition) is 3. The first-order chi connectivity index (χ1) is 10.7. The summed E-state index contributed by atoms with van der Waals surface area (Å²) in [5.74, 6) is 1.76. The molecule has 2 aromatic rings. The van der Waals surface area contributed by atoms with Crippen molar-refractivity contribution in [1.29, 1.82) is 0 Å². The molecule has 4 heteroatoms. The van der Waals surface area contributed by atoms with Gasteiger partial charge < -0.3 is 14.8 Å². The summed E-state index contributed by atoms with van der Waals surface area (Å²) >= 11 is 0. The molecule has 0 aromatic heterocycles. The van der Waals surface area contributed by atoms with Gasteiger partial charge in [-0.2, -0.15) is 0 Å². The van der Waals surface area contributed by atoms with E-state index in [0.29, 0.717) is 13.0 Å². The number of carbonyl (C=O) groups excluding carboxylic acids is 1. The van der Waals surface area contributed by atoms with Gasteiger partial charge in [-0.1, -0.05) is 24.3 Å². The molecular formula is C18H19NO3. The quantitative estimate of drug-likeness (QED) is 0.922. The minimum absolute atomic E-state index is 0.0154. The normalized spacial score (nSPS) is 12.4. The lowest BCUT2D eigenvalue weighted by Crippen LogP contribution is -2.24. The second kappa shape index (κ2) is 6.52. The van der Waals surface area contributed by atoms with E-state index in [2.05, 4.69) is 11.4 Å². The average Bonchev–Trinajstić information content (AvgIpc) is 3.01. The fourth-order valence-electron chi connectivity index (χ4n) is 2.58. The van der Waals surface area contributed by atoms with Crippen LogP contribution in [0.5, 0.6) is 11.5 Å². The van der Waals surface area contributed by atoms with Gasteiger partial charge in [0.15, 0.2) is 0 Å². The molecule has 1 aliphatic heterocycles. The molecule has 4 nitrogen and oxygen atoms in total. The zero-order valence-corrected chi connectivity index (χ0v) is 12.6. The van der Waals surface area contributed by atoms with Crippen LogP contribution in [0.15, 0.2) is 42.5 Å². The van der Waals surface area contributed by atoms with Gasteiger partial charge in [0.25, 0.3) is 0 Å². The second-order valence-electron chi connectivity index (χ2n) is 5.35. The van der Waals surface area contributed by atoms with Crippen molar-refractivity contribution in [3.8, 4) is 11.5 Å². The standard InChI is InChI=1S/C18H19NO3/c1-21-16-4-2-3-14(10-16)12-19-18(20)11-13-5-6-17-15(9-13)7-8-22-17/h2-6,9-10H,7-8,11-12H2,1H3,(H,19,20). The zero-order valence-electron chi connectivity index (χ0n) is 12.6. The van der Waals surface area contributed by atoms with Gasteiger partial charge in [0, 0.05) is 13.0 Å². The topological polar surface area (TPSA) is 47.6 Å². The fourth-order valence-corrected chi connectivity index (χ4v) is 2.58. The fraction of sp³-hybridized carbons (Fsp3) is 0.278. The number of methoxy groups -OCH3 is 1. The van der Waals surface area contributed by atoms with E-state index in [0.717, 1.165) is 35.7 Å². The first-order valence-corrected chi connectivity index (χ1v) is 7.39. The Morgan fingerprint density at radius 2 is 2.14 bits per heavy atom. The lowest BCUT2D eigenvalue weighted by molar-refractivity contribution is -0.120. The lowest BCUT2D eigenvalue weighted by Gasteiger charge is -2.08. The van der Waals surface area contributed by atoms with Crippen LogP contribution in [-0.4, -0.2) is 19.6 Å². The van der Waals surface area contributed by atoms with Crippen molar-refractivity contribution in [2.75, 3.05) is 13.7 Å². The van der Waals surface area contributed by atoms with Gasteiger partial charge in [-0.3, -0.25) is 4.79 Å². The van der Waals surface area contributed by atoms with Crippen LogP contribution in [0.4, 0.5) is 0 Å². The number of fused-ring (bicyclic) bond motifs is 1. The molecule has 0 unspecified atom stereocenters.